The first-order chi connectivity index (χ1) is 22.0. The van der Waals surface area contributed by atoms with Crippen LogP contribution in [0.25, 0.3) is 11.1 Å². The summed E-state index contributed by atoms with van der Waals surface area (Å²) in [5, 5.41) is 2.99. The highest BCUT2D eigenvalue weighted by Crippen LogP contribution is 2.34. The molecule has 0 unspecified atom stereocenters. The zero-order chi connectivity index (χ0) is 34.7. The van der Waals surface area contributed by atoms with Crippen LogP contribution in [0.1, 0.15) is 49.2 Å². The Balaban J connectivity index is 1.95. The lowest BCUT2D eigenvalue weighted by Crippen LogP contribution is -2.45. The number of carbonyl (C=O) groups is 1. The fourth-order valence-electron chi connectivity index (χ4n) is 5.20. The smallest absolute Gasteiger partial charge is 0.416 e. The topological polar surface area (TPSA) is 91.6 Å². The number of methoxy groups -OCH3 is 1. The predicted octanol–water partition coefficient (Wildman–Crippen LogP) is 6.01. The summed E-state index contributed by atoms with van der Waals surface area (Å²) in [5.74, 6) is -3.01. The lowest BCUT2D eigenvalue weighted by atomic mass is 10.0. The molecule has 1 atom stereocenters. The molecule has 0 amide bonds. The number of alkyl halides is 3. The van der Waals surface area contributed by atoms with Crippen molar-refractivity contribution in [2.24, 2.45) is 0 Å². The molecule has 1 aromatic heterocycles. The summed E-state index contributed by atoms with van der Waals surface area (Å²) >= 11 is 0. The molecule has 1 heterocycles. The van der Waals surface area contributed by atoms with E-state index in [9.17, 15) is 27.6 Å². The van der Waals surface area contributed by atoms with E-state index in [4.69, 9.17) is 9.47 Å². The molecule has 1 N–H and O–H groups in total. The largest absolute Gasteiger partial charge is 0.494 e. The maximum absolute atomic E-state index is 15.6. The van der Waals surface area contributed by atoms with Crippen molar-refractivity contribution >= 4 is 5.97 Å². The number of hydrogen-bond donors (Lipinski definition) is 1. The van der Waals surface area contributed by atoms with Crippen molar-refractivity contribution in [2.45, 2.75) is 58.6 Å². The van der Waals surface area contributed by atoms with Gasteiger partial charge in [-0.3, -0.25) is 24.0 Å². The first-order valence-electron chi connectivity index (χ1n) is 14.5. The number of aromatic nitrogens is 2. The van der Waals surface area contributed by atoms with Crippen molar-refractivity contribution in [1.29, 1.82) is 0 Å². The lowest BCUT2D eigenvalue weighted by Gasteiger charge is -2.24. The molecule has 0 fully saturated rings. The quantitative estimate of drug-likeness (QED) is 0.166. The molecule has 0 aliphatic carbocycles. The number of rotatable bonds is 10. The summed E-state index contributed by atoms with van der Waals surface area (Å²) in [6.45, 7) is 4.64. The van der Waals surface area contributed by atoms with Crippen LogP contribution in [0.2, 0.25) is 0 Å². The fourth-order valence-corrected chi connectivity index (χ4v) is 5.20. The molecule has 0 bridgehead atoms. The highest BCUT2D eigenvalue weighted by molar-refractivity contribution is 5.72. The Labute approximate surface area is 267 Å². The second kappa shape index (κ2) is 13.9. The molecule has 47 heavy (non-hydrogen) atoms. The summed E-state index contributed by atoms with van der Waals surface area (Å²) in [5.41, 5.74) is -5.24. The fraction of sp³-hybridized carbons (Fsp3) is 0.324. The van der Waals surface area contributed by atoms with Gasteiger partial charge in [-0.1, -0.05) is 48.5 Å². The van der Waals surface area contributed by atoms with Gasteiger partial charge in [-0.15, -0.1) is 0 Å². The molecule has 0 aliphatic heterocycles. The number of hydrogen-bond acceptors (Lipinski definition) is 6. The SMILES string of the molecule is COc1cccc(-c2c(C)n(Cc3c(F)cccc3C(F)(F)F)c(=O)n(C[C@H](NCC(=O)OC(C)(C)C)c3ccccc3)c2=O)c1F. The van der Waals surface area contributed by atoms with Crippen molar-refractivity contribution in [1.82, 2.24) is 14.5 Å². The van der Waals surface area contributed by atoms with E-state index in [0.717, 1.165) is 21.3 Å². The maximum Gasteiger partial charge on any atom is 0.416 e. The number of ether oxygens (including phenoxy) is 2. The summed E-state index contributed by atoms with van der Waals surface area (Å²) in [6.07, 6.45) is -4.96. The highest BCUT2D eigenvalue weighted by Gasteiger charge is 2.35. The van der Waals surface area contributed by atoms with Crippen molar-refractivity contribution in [3.05, 3.63) is 122 Å². The van der Waals surface area contributed by atoms with Gasteiger partial charge in [0.15, 0.2) is 11.6 Å². The second-order valence-electron chi connectivity index (χ2n) is 11.8. The van der Waals surface area contributed by atoms with Gasteiger partial charge in [-0.2, -0.15) is 13.2 Å². The third kappa shape index (κ3) is 7.97. The average Bonchev–Trinajstić information content (AvgIpc) is 2.99. The van der Waals surface area contributed by atoms with Crippen LogP contribution in [0.3, 0.4) is 0 Å². The van der Waals surface area contributed by atoms with Gasteiger partial charge < -0.3 is 9.47 Å². The van der Waals surface area contributed by atoms with E-state index in [2.05, 4.69) is 5.32 Å². The van der Waals surface area contributed by atoms with Crippen molar-refractivity contribution < 1.29 is 36.2 Å². The molecule has 0 saturated heterocycles. The molecule has 0 aliphatic rings. The van der Waals surface area contributed by atoms with Crippen LogP contribution in [0.15, 0.2) is 76.3 Å². The molecular weight excluding hydrogens is 625 g/mol. The van der Waals surface area contributed by atoms with Gasteiger partial charge >= 0.3 is 17.8 Å². The zero-order valence-electron chi connectivity index (χ0n) is 26.4. The molecule has 3 aromatic carbocycles. The third-order valence-electron chi connectivity index (χ3n) is 7.36. The van der Waals surface area contributed by atoms with Gasteiger partial charge in [-0.05, 0) is 51.5 Å². The predicted molar refractivity (Wildman–Crippen MR) is 165 cm³/mol. The lowest BCUT2D eigenvalue weighted by molar-refractivity contribution is -0.153. The number of nitrogens with zero attached hydrogens (tertiary/aromatic N) is 2. The number of halogens is 5. The molecule has 0 radical (unpaired) electrons. The van der Waals surface area contributed by atoms with E-state index >= 15 is 8.78 Å². The van der Waals surface area contributed by atoms with E-state index in [1.165, 1.54) is 32.2 Å². The summed E-state index contributed by atoms with van der Waals surface area (Å²) < 4.78 is 84.5. The van der Waals surface area contributed by atoms with Gasteiger partial charge in [0.25, 0.3) is 5.56 Å². The maximum atomic E-state index is 15.6. The number of carbonyl (C=O) groups excluding carboxylic acids is 1. The number of benzene rings is 3. The second-order valence-corrected chi connectivity index (χ2v) is 11.8. The molecule has 0 spiro atoms. The Morgan fingerprint density at radius 1 is 0.915 bits per heavy atom. The van der Waals surface area contributed by atoms with Gasteiger partial charge in [0.05, 0.1) is 43.9 Å². The first-order valence-corrected chi connectivity index (χ1v) is 14.5. The Bertz CT molecular complexity index is 1880. The van der Waals surface area contributed by atoms with Crippen LogP contribution >= 0.6 is 0 Å². The summed E-state index contributed by atoms with van der Waals surface area (Å²) in [7, 11) is 1.21. The number of nitrogens with one attached hydrogen (secondary N) is 1. The van der Waals surface area contributed by atoms with Crippen molar-refractivity contribution in [3.8, 4) is 16.9 Å². The number of esters is 1. The van der Waals surface area contributed by atoms with Crippen LogP contribution in [0.4, 0.5) is 22.0 Å². The van der Waals surface area contributed by atoms with Crippen LogP contribution in [0, 0.1) is 18.6 Å². The monoisotopic (exact) mass is 659 g/mol. The molecule has 0 saturated carbocycles. The Morgan fingerprint density at radius 2 is 1.57 bits per heavy atom. The molecule has 4 aromatic rings. The standard InChI is InChI=1S/C34H34F5N3O5/c1-20-29(22-13-9-16-27(46-5)30(22)36)31(44)42(32(45)41(20)18-23-24(34(37,38)39)14-10-15-25(23)35)19-26(21-11-7-6-8-12-21)40-17-28(43)47-33(2,3)4/h6-16,26,40H,17-19H2,1-5H3/t26-/m0/s1. The molecule has 13 heteroatoms. The van der Waals surface area contributed by atoms with E-state index in [-0.39, 0.29) is 29.1 Å². The molecular formula is C34H34F5N3O5. The first kappa shape index (κ1) is 35.1. The van der Waals surface area contributed by atoms with Crippen LogP contribution < -0.4 is 21.3 Å². The van der Waals surface area contributed by atoms with Crippen LogP contribution in [-0.4, -0.2) is 34.4 Å². The van der Waals surface area contributed by atoms with E-state index in [1.807, 2.05) is 0 Å². The van der Waals surface area contributed by atoms with E-state index in [1.54, 1.807) is 51.1 Å². The molecule has 250 valence electrons. The van der Waals surface area contributed by atoms with Crippen molar-refractivity contribution in [3.63, 3.8) is 0 Å². The van der Waals surface area contributed by atoms with Gasteiger partial charge in [0, 0.05) is 16.8 Å². The van der Waals surface area contributed by atoms with Gasteiger partial charge in [-0.25, -0.2) is 13.6 Å². The minimum absolute atomic E-state index is 0.197. The Kier molecular flexibility index (Phi) is 10.4. The van der Waals surface area contributed by atoms with Crippen LogP contribution in [0.5, 0.6) is 5.75 Å². The van der Waals surface area contributed by atoms with Gasteiger partial charge in [0.2, 0.25) is 0 Å². The van der Waals surface area contributed by atoms with Crippen LogP contribution in [-0.2, 0) is 28.8 Å². The summed E-state index contributed by atoms with van der Waals surface area (Å²) in [6, 6.07) is 14.0. The van der Waals surface area contributed by atoms with Gasteiger partial charge in [0.1, 0.15) is 11.4 Å². The highest BCUT2D eigenvalue weighted by atomic mass is 19.4. The van der Waals surface area contributed by atoms with Crippen molar-refractivity contribution in [2.75, 3.05) is 13.7 Å². The Hall–Kier alpha value is -4.78. The minimum Gasteiger partial charge on any atom is -0.494 e. The average molecular weight is 660 g/mol. The minimum atomic E-state index is -4.96. The molecule has 4 rings (SSSR count). The van der Waals surface area contributed by atoms with E-state index < -0.39 is 70.9 Å². The third-order valence-corrected chi connectivity index (χ3v) is 7.36. The normalized spacial score (nSPS) is 12.6. The zero-order valence-corrected chi connectivity index (χ0v) is 26.4. The Morgan fingerprint density at radius 3 is 2.19 bits per heavy atom. The van der Waals surface area contributed by atoms with E-state index in [0.29, 0.717) is 11.6 Å². The summed E-state index contributed by atoms with van der Waals surface area (Å²) in [4.78, 5) is 40.7. The molecule has 8 nitrogen and oxygen atoms in total.